The first-order valence-corrected chi connectivity index (χ1v) is 10.2. The Morgan fingerprint density at radius 2 is 1.62 bits per heavy atom. The molecule has 3 aliphatic rings. The van der Waals surface area contributed by atoms with Crippen LogP contribution in [0.3, 0.4) is 0 Å². The Balaban J connectivity index is 1.23. The molecule has 0 radical (unpaired) electrons. The van der Waals surface area contributed by atoms with Crippen molar-refractivity contribution in [1.29, 1.82) is 0 Å². The van der Waals surface area contributed by atoms with E-state index in [0.29, 0.717) is 24.5 Å². The van der Waals surface area contributed by atoms with Gasteiger partial charge in [0.2, 0.25) is 5.91 Å². The van der Waals surface area contributed by atoms with Gasteiger partial charge in [0.25, 0.3) is 0 Å². The Morgan fingerprint density at radius 1 is 0.923 bits per heavy atom. The standard InChI is InChI=1S/C21H32N4O/c1-22-19-7-8-20(22)16-25(10-9-19)21(26)17-24-13-11-23(12-14-24)15-18-5-3-2-4-6-18/h2-6,19-20H,7-17H2,1H3. The minimum Gasteiger partial charge on any atom is -0.340 e. The van der Waals surface area contributed by atoms with Gasteiger partial charge in [0.1, 0.15) is 0 Å². The fourth-order valence-corrected chi connectivity index (χ4v) is 4.77. The Hall–Kier alpha value is -1.43. The van der Waals surface area contributed by atoms with Gasteiger partial charge in [0, 0.05) is 57.9 Å². The zero-order valence-corrected chi connectivity index (χ0v) is 16.0. The van der Waals surface area contributed by atoms with E-state index in [1.165, 1.54) is 18.4 Å². The Labute approximate surface area is 157 Å². The van der Waals surface area contributed by atoms with E-state index in [9.17, 15) is 4.79 Å². The first kappa shape index (κ1) is 18.0. The Morgan fingerprint density at radius 3 is 2.38 bits per heavy atom. The molecule has 1 aromatic rings. The second-order valence-electron chi connectivity index (χ2n) is 8.22. The highest BCUT2D eigenvalue weighted by molar-refractivity contribution is 5.78. The molecule has 2 atom stereocenters. The van der Waals surface area contributed by atoms with Gasteiger partial charge in [0.15, 0.2) is 0 Å². The fraction of sp³-hybridized carbons (Fsp3) is 0.667. The molecule has 142 valence electrons. The van der Waals surface area contributed by atoms with Crippen molar-refractivity contribution < 1.29 is 4.79 Å². The quantitative estimate of drug-likeness (QED) is 0.818. The summed E-state index contributed by atoms with van der Waals surface area (Å²) in [5.41, 5.74) is 1.38. The molecule has 2 unspecified atom stereocenters. The summed E-state index contributed by atoms with van der Waals surface area (Å²) in [5.74, 6) is 0.336. The average molecular weight is 357 g/mol. The number of amides is 1. The van der Waals surface area contributed by atoms with Crippen molar-refractivity contribution >= 4 is 5.91 Å². The van der Waals surface area contributed by atoms with Crippen LogP contribution < -0.4 is 0 Å². The summed E-state index contributed by atoms with van der Waals surface area (Å²) < 4.78 is 0. The van der Waals surface area contributed by atoms with Crippen LogP contribution in [-0.4, -0.2) is 90.5 Å². The summed E-state index contributed by atoms with van der Waals surface area (Å²) in [6.45, 7) is 7.59. The van der Waals surface area contributed by atoms with E-state index < -0.39 is 0 Å². The summed E-state index contributed by atoms with van der Waals surface area (Å²) in [4.78, 5) is 22.3. The molecule has 3 aliphatic heterocycles. The van der Waals surface area contributed by atoms with Crippen LogP contribution in [0.25, 0.3) is 0 Å². The molecule has 0 N–H and O–H groups in total. The van der Waals surface area contributed by atoms with E-state index in [4.69, 9.17) is 0 Å². The molecule has 0 aromatic heterocycles. The number of likely N-dealkylation sites (N-methyl/N-ethyl adjacent to an activating group) is 1. The van der Waals surface area contributed by atoms with Crippen LogP contribution >= 0.6 is 0 Å². The number of piperazine rings is 1. The second kappa shape index (κ2) is 8.07. The van der Waals surface area contributed by atoms with Crippen LogP contribution in [0.2, 0.25) is 0 Å². The Bertz CT molecular complexity index is 599. The van der Waals surface area contributed by atoms with Crippen molar-refractivity contribution in [3.63, 3.8) is 0 Å². The summed E-state index contributed by atoms with van der Waals surface area (Å²) in [5, 5.41) is 0. The van der Waals surface area contributed by atoms with E-state index in [1.807, 2.05) is 0 Å². The van der Waals surface area contributed by atoms with Crippen molar-refractivity contribution in [2.24, 2.45) is 0 Å². The van der Waals surface area contributed by atoms with Gasteiger partial charge in [-0.25, -0.2) is 0 Å². The number of hydrogen-bond donors (Lipinski definition) is 0. The molecule has 5 heteroatoms. The maximum absolute atomic E-state index is 12.8. The van der Waals surface area contributed by atoms with E-state index in [-0.39, 0.29) is 0 Å². The van der Waals surface area contributed by atoms with Crippen molar-refractivity contribution in [2.45, 2.75) is 37.9 Å². The van der Waals surface area contributed by atoms with E-state index in [2.05, 4.69) is 57.0 Å². The highest BCUT2D eigenvalue weighted by atomic mass is 16.2. The minimum absolute atomic E-state index is 0.336. The topological polar surface area (TPSA) is 30.0 Å². The van der Waals surface area contributed by atoms with Gasteiger partial charge in [-0.15, -0.1) is 0 Å². The van der Waals surface area contributed by atoms with Crippen molar-refractivity contribution in [2.75, 3.05) is 52.9 Å². The number of hydrogen-bond acceptors (Lipinski definition) is 4. The van der Waals surface area contributed by atoms with Gasteiger partial charge in [-0.2, -0.15) is 0 Å². The highest BCUT2D eigenvalue weighted by Gasteiger charge is 2.36. The predicted molar refractivity (Wildman–Crippen MR) is 104 cm³/mol. The zero-order chi connectivity index (χ0) is 17.9. The van der Waals surface area contributed by atoms with Gasteiger partial charge in [0.05, 0.1) is 6.54 Å². The van der Waals surface area contributed by atoms with Crippen molar-refractivity contribution in [3.8, 4) is 0 Å². The summed E-state index contributed by atoms with van der Waals surface area (Å²) in [6.07, 6.45) is 3.71. The van der Waals surface area contributed by atoms with Gasteiger partial charge >= 0.3 is 0 Å². The van der Waals surface area contributed by atoms with Gasteiger partial charge in [-0.05, 0) is 31.9 Å². The molecule has 3 fully saturated rings. The molecular formula is C21H32N4O. The van der Waals surface area contributed by atoms with Crippen LogP contribution in [-0.2, 0) is 11.3 Å². The molecule has 1 aromatic carbocycles. The lowest BCUT2D eigenvalue weighted by Gasteiger charge is -2.35. The number of rotatable bonds is 4. The maximum Gasteiger partial charge on any atom is 0.236 e. The molecule has 4 rings (SSSR count). The third kappa shape index (κ3) is 4.11. The number of carbonyl (C=O) groups is 1. The molecule has 3 saturated heterocycles. The first-order chi connectivity index (χ1) is 12.7. The molecule has 1 amide bonds. The summed E-state index contributed by atoms with van der Waals surface area (Å²) >= 11 is 0. The summed E-state index contributed by atoms with van der Waals surface area (Å²) in [6, 6.07) is 11.9. The van der Waals surface area contributed by atoms with Crippen LogP contribution in [0, 0.1) is 0 Å². The SMILES string of the molecule is CN1C2CCC1CN(C(=O)CN1CCN(Cc3ccccc3)CC1)CC2. The minimum atomic E-state index is 0.336. The Kier molecular flexibility index (Phi) is 5.57. The molecule has 5 nitrogen and oxygen atoms in total. The lowest BCUT2D eigenvalue weighted by Crippen LogP contribution is -2.50. The summed E-state index contributed by atoms with van der Waals surface area (Å²) in [7, 11) is 2.24. The second-order valence-corrected chi connectivity index (χ2v) is 8.22. The number of nitrogens with zero attached hydrogens (tertiary/aromatic N) is 4. The van der Waals surface area contributed by atoms with Gasteiger partial charge in [-0.1, -0.05) is 30.3 Å². The van der Waals surface area contributed by atoms with E-state index >= 15 is 0 Å². The van der Waals surface area contributed by atoms with Crippen LogP contribution in [0.4, 0.5) is 0 Å². The van der Waals surface area contributed by atoms with Crippen LogP contribution in [0.5, 0.6) is 0 Å². The number of carbonyl (C=O) groups excluding carboxylic acids is 1. The van der Waals surface area contributed by atoms with Gasteiger partial charge in [-0.3, -0.25) is 19.5 Å². The largest absolute Gasteiger partial charge is 0.340 e. The van der Waals surface area contributed by atoms with Crippen LogP contribution in [0.15, 0.2) is 30.3 Å². The lowest BCUT2D eigenvalue weighted by molar-refractivity contribution is -0.133. The normalized spacial score (nSPS) is 28.3. The van der Waals surface area contributed by atoms with Crippen molar-refractivity contribution in [1.82, 2.24) is 19.6 Å². The molecule has 0 aliphatic carbocycles. The number of benzene rings is 1. The molecule has 3 heterocycles. The predicted octanol–water partition coefficient (Wildman–Crippen LogP) is 1.50. The van der Waals surface area contributed by atoms with E-state index in [1.54, 1.807) is 0 Å². The first-order valence-electron chi connectivity index (χ1n) is 10.2. The monoisotopic (exact) mass is 356 g/mol. The van der Waals surface area contributed by atoms with Crippen LogP contribution in [0.1, 0.15) is 24.8 Å². The highest BCUT2D eigenvalue weighted by Crippen LogP contribution is 2.28. The van der Waals surface area contributed by atoms with Gasteiger partial charge < -0.3 is 4.90 Å². The maximum atomic E-state index is 12.8. The van der Waals surface area contributed by atoms with Crippen molar-refractivity contribution in [3.05, 3.63) is 35.9 Å². The fourth-order valence-electron chi connectivity index (χ4n) is 4.77. The molecule has 2 bridgehead atoms. The third-order valence-electron chi connectivity index (χ3n) is 6.57. The number of likely N-dealkylation sites (tertiary alicyclic amines) is 1. The zero-order valence-electron chi connectivity index (χ0n) is 16.0. The molecule has 26 heavy (non-hydrogen) atoms. The lowest BCUT2D eigenvalue weighted by atomic mass is 10.1. The molecular weight excluding hydrogens is 324 g/mol. The third-order valence-corrected chi connectivity index (χ3v) is 6.57. The number of fused-ring (bicyclic) bond motifs is 2. The smallest absolute Gasteiger partial charge is 0.236 e. The molecule has 0 saturated carbocycles. The average Bonchev–Trinajstić information content (AvgIpc) is 2.89. The van der Waals surface area contributed by atoms with E-state index in [0.717, 1.165) is 52.2 Å². The molecule has 0 spiro atoms.